The molecule has 0 fully saturated rings. The fourth-order valence-electron chi connectivity index (χ4n) is 2.78. The Hall–Kier alpha value is -2.47. The molecule has 6 heteroatoms. The van der Waals surface area contributed by atoms with Crippen LogP contribution in [0.3, 0.4) is 0 Å². The summed E-state index contributed by atoms with van der Waals surface area (Å²) in [6, 6.07) is 12.7. The molecule has 1 amide bonds. The SMILES string of the molecule is CCCCn1nc(C(=O)Nc2ccc(Br)c(C)c2)c2ccccc2c1=O. The second kappa shape index (κ2) is 7.83. The number of amides is 1. The van der Waals surface area contributed by atoms with E-state index in [1.54, 1.807) is 24.3 Å². The van der Waals surface area contributed by atoms with Gasteiger partial charge in [-0.2, -0.15) is 5.10 Å². The van der Waals surface area contributed by atoms with E-state index in [0.29, 0.717) is 23.0 Å². The van der Waals surface area contributed by atoms with E-state index in [0.717, 1.165) is 22.9 Å². The highest BCUT2D eigenvalue weighted by Gasteiger charge is 2.17. The topological polar surface area (TPSA) is 64.0 Å². The molecule has 0 saturated heterocycles. The fraction of sp³-hybridized carbons (Fsp3) is 0.250. The van der Waals surface area contributed by atoms with Gasteiger partial charge in [0.1, 0.15) is 0 Å². The van der Waals surface area contributed by atoms with Crippen LogP contribution in [0.25, 0.3) is 10.8 Å². The maximum atomic E-state index is 12.9. The summed E-state index contributed by atoms with van der Waals surface area (Å²) < 4.78 is 2.38. The van der Waals surface area contributed by atoms with Crippen LogP contribution in [0.5, 0.6) is 0 Å². The third-order valence-corrected chi connectivity index (χ3v) is 5.11. The third-order valence-electron chi connectivity index (χ3n) is 4.22. The van der Waals surface area contributed by atoms with Crippen molar-refractivity contribution >= 4 is 38.3 Å². The highest BCUT2D eigenvalue weighted by atomic mass is 79.9. The van der Waals surface area contributed by atoms with Gasteiger partial charge >= 0.3 is 0 Å². The molecular weight excluding hydrogens is 394 g/mol. The van der Waals surface area contributed by atoms with Crippen LogP contribution in [0.1, 0.15) is 35.8 Å². The zero-order chi connectivity index (χ0) is 18.7. The molecule has 2 aromatic carbocycles. The van der Waals surface area contributed by atoms with Crippen LogP contribution >= 0.6 is 15.9 Å². The molecule has 3 rings (SSSR count). The molecule has 0 radical (unpaired) electrons. The van der Waals surface area contributed by atoms with Crippen molar-refractivity contribution in [1.82, 2.24) is 9.78 Å². The lowest BCUT2D eigenvalue weighted by atomic mass is 10.1. The normalized spacial score (nSPS) is 10.9. The molecule has 1 heterocycles. The van der Waals surface area contributed by atoms with E-state index >= 15 is 0 Å². The first-order chi connectivity index (χ1) is 12.5. The quantitative estimate of drug-likeness (QED) is 0.668. The number of fused-ring (bicyclic) bond motifs is 1. The minimum absolute atomic E-state index is 0.162. The summed E-state index contributed by atoms with van der Waals surface area (Å²) in [5.74, 6) is -0.326. The Kier molecular flexibility index (Phi) is 5.52. The first-order valence-electron chi connectivity index (χ1n) is 8.58. The Morgan fingerprint density at radius 2 is 1.92 bits per heavy atom. The van der Waals surface area contributed by atoms with Crippen LogP contribution in [-0.4, -0.2) is 15.7 Å². The number of carbonyl (C=O) groups is 1. The first kappa shape index (κ1) is 18.3. The van der Waals surface area contributed by atoms with Gasteiger partial charge in [-0.15, -0.1) is 0 Å². The smallest absolute Gasteiger partial charge is 0.276 e. The van der Waals surface area contributed by atoms with Crippen molar-refractivity contribution in [1.29, 1.82) is 0 Å². The number of rotatable bonds is 5. The van der Waals surface area contributed by atoms with Gasteiger partial charge in [0.05, 0.1) is 5.39 Å². The molecule has 0 aliphatic carbocycles. The zero-order valence-electron chi connectivity index (χ0n) is 14.8. The third kappa shape index (κ3) is 3.70. The molecule has 1 N–H and O–H groups in total. The summed E-state index contributed by atoms with van der Waals surface area (Å²) in [7, 11) is 0. The van der Waals surface area contributed by atoms with E-state index in [9.17, 15) is 9.59 Å². The van der Waals surface area contributed by atoms with E-state index in [1.807, 2.05) is 25.1 Å². The number of unbranched alkanes of at least 4 members (excludes halogenated alkanes) is 1. The van der Waals surface area contributed by atoms with Crippen molar-refractivity contribution in [3.05, 3.63) is 68.5 Å². The second-order valence-electron chi connectivity index (χ2n) is 6.19. The van der Waals surface area contributed by atoms with Crippen LogP contribution in [0.2, 0.25) is 0 Å². The lowest BCUT2D eigenvalue weighted by Gasteiger charge is -2.11. The zero-order valence-corrected chi connectivity index (χ0v) is 16.3. The molecule has 134 valence electrons. The number of carbonyl (C=O) groups excluding carboxylic acids is 1. The number of halogens is 1. The lowest BCUT2D eigenvalue weighted by Crippen LogP contribution is -2.27. The Morgan fingerprint density at radius 3 is 2.62 bits per heavy atom. The molecule has 0 spiro atoms. The number of aromatic nitrogens is 2. The van der Waals surface area contributed by atoms with Crippen LogP contribution in [0, 0.1) is 6.92 Å². The standard InChI is InChI=1S/C20H20BrN3O2/c1-3-4-11-24-20(26)16-8-6-5-7-15(16)18(23-24)19(25)22-14-9-10-17(21)13(2)12-14/h5-10,12H,3-4,11H2,1-2H3,(H,22,25). The molecule has 5 nitrogen and oxygen atoms in total. The average Bonchev–Trinajstić information content (AvgIpc) is 2.64. The van der Waals surface area contributed by atoms with Gasteiger partial charge in [0.2, 0.25) is 0 Å². The molecule has 0 unspecified atom stereocenters. The summed E-state index contributed by atoms with van der Waals surface area (Å²) in [6.07, 6.45) is 1.78. The van der Waals surface area contributed by atoms with Gasteiger partial charge in [0.15, 0.2) is 5.69 Å². The van der Waals surface area contributed by atoms with E-state index in [4.69, 9.17) is 0 Å². The molecule has 0 aliphatic heterocycles. The Balaban J connectivity index is 2.04. The number of nitrogens with one attached hydrogen (secondary N) is 1. The van der Waals surface area contributed by atoms with Gasteiger partial charge in [-0.05, 0) is 43.2 Å². The van der Waals surface area contributed by atoms with Crippen molar-refractivity contribution < 1.29 is 4.79 Å². The van der Waals surface area contributed by atoms with Crippen LogP contribution < -0.4 is 10.9 Å². The van der Waals surface area contributed by atoms with Crippen LogP contribution in [0.4, 0.5) is 5.69 Å². The van der Waals surface area contributed by atoms with E-state index in [1.165, 1.54) is 4.68 Å². The Labute approximate surface area is 160 Å². The largest absolute Gasteiger partial charge is 0.321 e. The second-order valence-corrected chi connectivity index (χ2v) is 7.05. The van der Waals surface area contributed by atoms with Crippen molar-refractivity contribution in [2.75, 3.05) is 5.32 Å². The summed E-state index contributed by atoms with van der Waals surface area (Å²) >= 11 is 3.45. The monoisotopic (exact) mass is 413 g/mol. The van der Waals surface area contributed by atoms with Gasteiger partial charge in [-0.1, -0.05) is 47.5 Å². The molecule has 26 heavy (non-hydrogen) atoms. The van der Waals surface area contributed by atoms with E-state index in [-0.39, 0.29) is 17.2 Å². The van der Waals surface area contributed by atoms with Crippen molar-refractivity contribution in [3.63, 3.8) is 0 Å². The van der Waals surface area contributed by atoms with Gasteiger partial charge < -0.3 is 5.32 Å². The van der Waals surface area contributed by atoms with E-state index < -0.39 is 0 Å². The van der Waals surface area contributed by atoms with Gasteiger partial charge in [0, 0.05) is 22.1 Å². The van der Waals surface area contributed by atoms with Gasteiger partial charge in [-0.3, -0.25) is 9.59 Å². The highest BCUT2D eigenvalue weighted by Crippen LogP contribution is 2.21. The number of anilines is 1. The van der Waals surface area contributed by atoms with Crippen molar-refractivity contribution in [3.8, 4) is 0 Å². The number of nitrogens with zero attached hydrogens (tertiary/aromatic N) is 2. The summed E-state index contributed by atoms with van der Waals surface area (Å²) in [6.45, 7) is 4.51. The molecule has 0 atom stereocenters. The van der Waals surface area contributed by atoms with Crippen LogP contribution in [-0.2, 0) is 6.54 Å². The summed E-state index contributed by atoms with van der Waals surface area (Å²) in [5.41, 5.74) is 1.81. The fourth-order valence-corrected chi connectivity index (χ4v) is 3.02. The lowest BCUT2D eigenvalue weighted by molar-refractivity contribution is 0.102. The molecular formula is C20H20BrN3O2. The summed E-state index contributed by atoms with van der Waals surface area (Å²) in [4.78, 5) is 25.5. The van der Waals surface area contributed by atoms with E-state index in [2.05, 4.69) is 33.3 Å². The predicted octanol–water partition coefficient (Wildman–Crippen LogP) is 4.52. The highest BCUT2D eigenvalue weighted by molar-refractivity contribution is 9.10. The molecule has 0 saturated carbocycles. The molecule has 0 aliphatic rings. The van der Waals surface area contributed by atoms with Crippen molar-refractivity contribution in [2.24, 2.45) is 0 Å². The minimum Gasteiger partial charge on any atom is -0.321 e. The summed E-state index contributed by atoms with van der Waals surface area (Å²) in [5, 5.41) is 8.32. The maximum Gasteiger partial charge on any atom is 0.276 e. The molecule has 1 aromatic heterocycles. The Morgan fingerprint density at radius 1 is 1.19 bits per heavy atom. The van der Waals surface area contributed by atoms with Gasteiger partial charge in [-0.25, -0.2) is 4.68 Å². The maximum absolute atomic E-state index is 12.9. The first-order valence-corrected chi connectivity index (χ1v) is 9.38. The van der Waals surface area contributed by atoms with Crippen LogP contribution in [0.15, 0.2) is 51.7 Å². The van der Waals surface area contributed by atoms with Gasteiger partial charge in [0.25, 0.3) is 11.5 Å². The predicted molar refractivity (Wildman–Crippen MR) is 108 cm³/mol. The molecule has 3 aromatic rings. The molecule has 0 bridgehead atoms. The number of hydrogen-bond acceptors (Lipinski definition) is 3. The number of aryl methyl sites for hydroxylation is 2. The average molecular weight is 414 g/mol. The van der Waals surface area contributed by atoms with Crippen molar-refractivity contribution in [2.45, 2.75) is 33.2 Å². The number of hydrogen-bond donors (Lipinski definition) is 1. The minimum atomic E-state index is -0.326. The Bertz CT molecular complexity index is 1030. The number of benzene rings is 2.